The number of H-pyrrole nitrogens is 1. The molecule has 0 aliphatic carbocycles. The molecule has 19 heavy (non-hydrogen) atoms. The van der Waals surface area contributed by atoms with Crippen molar-refractivity contribution >= 4 is 5.91 Å². The van der Waals surface area contributed by atoms with Crippen LogP contribution in [0.15, 0.2) is 28.9 Å². The molecule has 1 saturated heterocycles. The molecule has 100 valence electrons. The highest BCUT2D eigenvalue weighted by molar-refractivity contribution is 5.93. The SMILES string of the molecule is C[C@H]1CCCN(C(=O)c2cc(-c3ccco3)[nH]n2)C1. The molecule has 1 aliphatic heterocycles. The largest absolute Gasteiger partial charge is 0.463 e. The number of furan rings is 1. The molecule has 0 bridgehead atoms. The molecular weight excluding hydrogens is 242 g/mol. The van der Waals surface area contributed by atoms with E-state index in [1.54, 1.807) is 12.3 Å². The molecular formula is C14H17N3O2. The van der Waals surface area contributed by atoms with Gasteiger partial charge >= 0.3 is 0 Å². The van der Waals surface area contributed by atoms with Crippen LogP contribution in [0.2, 0.25) is 0 Å². The summed E-state index contributed by atoms with van der Waals surface area (Å²) in [5, 5.41) is 6.94. The van der Waals surface area contributed by atoms with E-state index in [1.165, 1.54) is 6.42 Å². The second-order valence-electron chi connectivity index (χ2n) is 5.14. The summed E-state index contributed by atoms with van der Waals surface area (Å²) < 4.78 is 5.28. The fraction of sp³-hybridized carbons (Fsp3) is 0.429. The van der Waals surface area contributed by atoms with Crippen LogP contribution in [0.1, 0.15) is 30.3 Å². The minimum Gasteiger partial charge on any atom is -0.463 e. The Bertz CT molecular complexity index is 559. The topological polar surface area (TPSA) is 62.1 Å². The van der Waals surface area contributed by atoms with Crippen molar-refractivity contribution < 1.29 is 9.21 Å². The van der Waals surface area contributed by atoms with Crippen molar-refractivity contribution in [3.05, 3.63) is 30.2 Å². The molecule has 3 heterocycles. The zero-order valence-electron chi connectivity index (χ0n) is 10.9. The number of nitrogens with one attached hydrogen (secondary N) is 1. The van der Waals surface area contributed by atoms with Gasteiger partial charge in [0.05, 0.1) is 6.26 Å². The monoisotopic (exact) mass is 259 g/mol. The van der Waals surface area contributed by atoms with Gasteiger partial charge in [0, 0.05) is 19.2 Å². The summed E-state index contributed by atoms with van der Waals surface area (Å²) in [6.07, 6.45) is 3.87. The molecule has 1 fully saturated rings. The van der Waals surface area contributed by atoms with E-state index in [1.807, 2.05) is 17.0 Å². The van der Waals surface area contributed by atoms with Crippen LogP contribution in [-0.4, -0.2) is 34.1 Å². The van der Waals surface area contributed by atoms with Gasteiger partial charge in [0.1, 0.15) is 5.69 Å². The smallest absolute Gasteiger partial charge is 0.274 e. The molecule has 1 atom stereocenters. The molecule has 0 aromatic carbocycles. The minimum atomic E-state index is 0.000561. The number of piperidine rings is 1. The van der Waals surface area contributed by atoms with E-state index in [0.29, 0.717) is 17.4 Å². The summed E-state index contributed by atoms with van der Waals surface area (Å²) in [5.74, 6) is 1.26. The van der Waals surface area contributed by atoms with E-state index in [0.717, 1.165) is 25.2 Å². The van der Waals surface area contributed by atoms with Crippen LogP contribution in [0.4, 0.5) is 0 Å². The number of aromatic amines is 1. The van der Waals surface area contributed by atoms with E-state index in [9.17, 15) is 4.79 Å². The molecule has 1 N–H and O–H groups in total. The van der Waals surface area contributed by atoms with Crippen LogP contribution >= 0.6 is 0 Å². The van der Waals surface area contributed by atoms with Crippen LogP contribution in [0.25, 0.3) is 11.5 Å². The zero-order valence-corrected chi connectivity index (χ0v) is 10.9. The third kappa shape index (κ3) is 2.41. The zero-order chi connectivity index (χ0) is 13.2. The van der Waals surface area contributed by atoms with Gasteiger partial charge in [0.25, 0.3) is 5.91 Å². The summed E-state index contributed by atoms with van der Waals surface area (Å²) in [5.41, 5.74) is 1.19. The quantitative estimate of drug-likeness (QED) is 0.901. The Balaban J connectivity index is 1.77. The summed E-state index contributed by atoms with van der Waals surface area (Å²) in [6.45, 7) is 3.83. The van der Waals surface area contributed by atoms with Crippen molar-refractivity contribution in [2.75, 3.05) is 13.1 Å². The van der Waals surface area contributed by atoms with E-state index < -0.39 is 0 Å². The van der Waals surface area contributed by atoms with Gasteiger partial charge in [-0.3, -0.25) is 9.89 Å². The van der Waals surface area contributed by atoms with Gasteiger partial charge < -0.3 is 9.32 Å². The highest BCUT2D eigenvalue weighted by Crippen LogP contribution is 2.21. The summed E-state index contributed by atoms with van der Waals surface area (Å²) in [6, 6.07) is 5.40. The molecule has 0 radical (unpaired) electrons. The van der Waals surface area contributed by atoms with Crippen LogP contribution in [0.5, 0.6) is 0 Å². The first-order valence-corrected chi connectivity index (χ1v) is 6.62. The van der Waals surface area contributed by atoms with Crippen LogP contribution in [0, 0.1) is 5.92 Å². The number of carbonyl (C=O) groups is 1. The number of amides is 1. The van der Waals surface area contributed by atoms with Gasteiger partial charge in [0.15, 0.2) is 11.5 Å². The first-order valence-electron chi connectivity index (χ1n) is 6.62. The lowest BCUT2D eigenvalue weighted by Crippen LogP contribution is -2.39. The normalized spacial score (nSPS) is 19.6. The fourth-order valence-electron chi connectivity index (χ4n) is 2.53. The second kappa shape index (κ2) is 4.91. The van der Waals surface area contributed by atoms with Crippen molar-refractivity contribution in [2.45, 2.75) is 19.8 Å². The lowest BCUT2D eigenvalue weighted by Gasteiger charge is -2.30. The Hall–Kier alpha value is -2.04. The number of nitrogens with zero attached hydrogens (tertiary/aromatic N) is 2. The molecule has 0 saturated carbocycles. The third-order valence-corrected chi connectivity index (χ3v) is 3.53. The van der Waals surface area contributed by atoms with Gasteiger partial charge in [0.2, 0.25) is 0 Å². The predicted octanol–water partition coefficient (Wildman–Crippen LogP) is 2.54. The lowest BCUT2D eigenvalue weighted by atomic mass is 10.00. The Morgan fingerprint density at radius 2 is 2.47 bits per heavy atom. The summed E-state index contributed by atoms with van der Waals surface area (Å²) in [7, 11) is 0. The minimum absolute atomic E-state index is 0.000561. The van der Waals surface area contributed by atoms with E-state index in [2.05, 4.69) is 17.1 Å². The second-order valence-corrected chi connectivity index (χ2v) is 5.14. The predicted molar refractivity (Wildman–Crippen MR) is 70.6 cm³/mol. The van der Waals surface area contributed by atoms with E-state index in [-0.39, 0.29) is 5.91 Å². The third-order valence-electron chi connectivity index (χ3n) is 3.53. The maximum absolute atomic E-state index is 12.3. The first kappa shape index (κ1) is 12.0. The summed E-state index contributed by atoms with van der Waals surface area (Å²) >= 11 is 0. The van der Waals surface area contributed by atoms with Crippen LogP contribution in [-0.2, 0) is 0 Å². The van der Waals surface area contributed by atoms with E-state index in [4.69, 9.17) is 4.42 Å². The molecule has 0 unspecified atom stereocenters. The molecule has 0 spiro atoms. The Morgan fingerprint density at radius 1 is 1.58 bits per heavy atom. The Morgan fingerprint density at radius 3 is 3.21 bits per heavy atom. The summed E-state index contributed by atoms with van der Waals surface area (Å²) in [4.78, 5) is 14.2. The first-order chi connectivity index (χ1) is 9.24. The average Bonchev–Trinajstić information content (AvgIpc) is 3.08. The number of carbonyl (C=O) groups excluding carboxylic acids is 1. The van der Waals surface area contributed by atoms with Gasteiger partial charge in [-0.1, -0.05) is 6.92 Å². The number of aromatic nitrogens is 2. The molecule has 2 aromatic heterocycles. The number of hydrogen-bond acceptors (Lipinski definition) is 3. The van der Waals surface area contributed by atoms with Crippen molar-refractivity contribution in [2.24, 2.45) is 5.92 Å². The van der Waals surface area contributed by atoms with Crippen molar-refractivity contribution in [3.8, 4) is 11.5 Å². The van der Waals surface area contributed by atoms with Crippen LogP contribution < -0.4 is 0 Å². The van der Waals surface area contributed by atoms with Crippen molar-refractivity contribution in [1.82, 2.24) is 15.1 Å². The van der Waals surface area contributed by atoms with Gasteiger partial charge in [-0.05, 0) is 30.9 Å². The number of rotatable bonds is 2. The van der Waals surface area contributed by atoms with Crippen molar-refractivity contribution in [1.29, 1.82) is 0 Å². The maximum Gasteiger partial charge on any atom is 0.274 e. The molecule has 1 amide bonds. The molecule has 2 aromatic rings. The fourth-order valence-corrected chi connectivity index (χ4v) is 2.53. The average molecular weight is 259 g/mol. The van der Waals surface area contributed by atoms with Gasteiger partial charge in [-0.25, -0.2) is 0 Å². The molecule has 3 rings (SSSR count). The maximum atomic E-state index is 12.3. The standard InChI is InChI=1S/C14H17N3O2/c1-10-4-2-6-17(9-10)14(18)12-8-11(15-16-12)13-5-3-7-19-13/h3,5,7-8,10H,2,4,6,9H2,1H3,(H,15,16)/t10-/m0/s1. The molecule has 1 aliphatic rings. The van der Waals surface area contributed by atoms with Crippen LogP contribution in [0.3, 0.4) is 0 Å². The molecule has 5 nitrogen and oxygen atoms in total. The van der Waals surface area contributed by atoms with Crippen molar-refractivity contribution in [3.63, 3.8) is 0 Å². The molecule has 5 heteroatoms. The Kier molecular flexibility index (Phi) is 3.11. The van der Waals surface area contributed by atoms with Gasteiger partial charge in [-0.15, -0.1) is 0 Å². The Labute approximate surface area is 111 Å². The number of hydrogen-bond donors (Lipinski definition) is 1. The number of likely N-dealkylation sites (tertiary alicyclic amines) is 1. The lowest BCUT2D eigenvalue weighted by molar-refractivity contribution is 0.0677. The highest BCUT2D eigenvalue weighted by atomic mass is 16.3. The van der Waals surface area contributed by atoms with E-state index >= 15 is 0 Å². The highest BCUT2D eigenvalue weighted by Gasteiger charge is 2.24. The van der Waals surface area contributed by atoms with Gasteiger partial charge in [-0.2, -0.15) is 5.10 Å².